The van der Waals surface area contributed by atoms with Crippen molar-refractivity contribution in [2.75, 3.05) is 5.32 Å². The van der Waals surface area contributed by atoms with Gasteiger partial charge in [0.15, 0.2) is 11.6 Å². The third-order valence-corrected chi connectivity index (χ3v) is 2.30. The smallest absolute Gasteiger partial charge is 0.245 e. The second-order valence-corrected chi connectivity index (χ2v) is 3.72. The number of nitrogens with one attached hydrogen (secondary N) is 1. The molecule has 0 bridgehead atoms. The number of benzene rings is 1. The van der Waals surface area contributed by atoms with E-state index in [1.807, 2.05) is 12.1 Å². The molecule has 1 aromatic carbocycles. The molecule has 17 heavy (non-hydrogen) atoms. The van der Waals surface area contributed by atoms with Gasteiger partial charge in [-0.1, -0.05) is 5.16 Å². The average Bonchev–Trinajstić information content (AvgIpc) is 2.73. The molecule has 5 nitrogen and oxygen atoms in total. The van der Waals surface area contributed by atoms with Crippen LogP contribution < -0.4 is 5.32 Å². The monoisotopic (exact) mass is 231 g/mol. The predicted molar refractivity (Wildman–Crippen MR) is 62.8 cm³/mol. The van der Waals surface area contributed by atoms with Crippen LogP contribution in [0, 0.1) is 6.92 Å². The number of hydrogen-bond donors (Lipinski definition) is 1. The SMILES string of the molecule is CC(=O)c1ccc(NCc2nc(C)no2)cc1. The molecule has 0 saturated heterocycles. The van der Waals surface area contributed by atoms with Crippen molar-refractivity contribution in [1.82, 2.24) is 10.1 Å². The van der Waals surface area contributed by atoms with Gasteiger partial charge in [-0.05, 0) is 38.1 Å². The van der Waals surface area contributed by atoms with Crippen LogP contribution in [0.2, 0.25) is 0 Å². The molecular weight excluding hydrogens is 218 g/mol. The van der Waals surface area contributed by atoms with Crippen LogP contribution in [0.1, 0.15) is 29.0 Å². The molecule has 0 spiro atoms. The third-order valence-electron chi connectivity index (χ3n) is 2.30. The summed E-state index contributed by atoms with van der Waals surface area (Å²) in [6.45, 7) is 3.79. The van der Waals surface area contributed by atoms with Crippen LogP contribution in [0.25, 0.3) is 0 Å². The molecule has 0 aliphatic heterocycles. The summed E-state index contributed by atoms with van der Waals surface area (Å²) < 4.78 is 4.97. The number of carbonyl (C=O) groups is 1. The fourth-order valence-electron chi connectivity index (χ4n) is 1.41. The second-order valence-electron chi connectivity index (χ2n) is 3.72. The van der Waals surface area contributed by atoms with Crippen molar-refractivity contribution in [3.63, 3.8) is 0 Å². The summed E-state index contributed by atoms with van der Waals surface area (Å²) in [5.74, 6) is 1.22. The molecule has 0 saturated carbocycles. The van der Waals surface area contributed by atoms with E-state index in [-0.39, 0.29) is 5.78 Å². The molecule has 2 rings (SSSR count). The van der Waals surface area contributed by atoms with E-state index >= 15 is 0 Å². The van der Waals surface area contributed by atoms with Gasteiger partial charge in [0.05, 0.1) is 6.54 Å². The molecule has 0 fully saturated rings. The van der Waals surface area contributed by atoms with Gasteiger partial charge in [0, 0.05) is 11.3 Å². The number of aromatic nitrogens is 2. The van der Waals surface area contributed by atoms with E-state index < -0.39 is 0 Å². The van der Waals surface area contributed by atoms with Gasteiger partial charge in [-0.2, -0.15) is 4.98 Å². The van der Waals surface area contributed by atoms with Gasteiger partial charge < -0.3 is 9.84 Å². The maximum atomic E-state index is 11.1. The Morgan fingerprint density at radius 1 is 1.35 bits per heavy atom. The summed E-state index contributed by atoms with van der Waals surface area (Å²) in [7, 11) is 0. The molecule has 1 aromatic heterocycles. The lowest BCUT2D eigenvalue weighted by molar-refractivity contribution is 0.101. The molecule has 1 N–H and O–H groups in total. The van der Waals surface area contributed by atoms with Gasteiger partial charge in [0.2, 0.25) is 5.89 Å². The molecule has 1 heterocycles. The third kappa shape index (κ3) is 2.90. The lowest BCUT2D eigenvalue weighted by Gasteiger charge is -2.03. The highest BCUT2D eigenvalue weighted by molar-refractivity contribution is 5.94. The van der Waals surface area contributed by atoms with Crippen LogP contribution in [-0.2, 0) is 6.54 Å². The van der Waals surface area contributed by atoms with E-state index in [0.29, 0.717) is 23.8 Å². The number of aryl methyl sites for hydroxylation is 1. The second kappa shape index (κ2) is 4.78. The number of carbonyl (C=O) groups excluding carboxylic acids is 1. The maximum Gasteiger partial charge on any atom is 0.245 e. The van der Waals surface area contributed by atoms with Crippen molar-refractivity contribution in [2.24, 2.45) is 0 Å². The highest BCUT2D eigenvalue weighted by Crippen LogP contribution is 2.11. The minimum atomic E-state index is 0.0593. The zero-order valence-electron chi connectivity index (χ0n) is 9.73. The van der Waals surface area contributed by atoms with E-state index in [1.54, 1.807) is 26.0 Å². The Hall–Kier alpha value is -2.17. The number of anilines is 1. The Balaban J connectivity index is 1.97. The lowest BCUT2D eigenvalue weighted by Crippen LogP contribution is -2.00. The summed E-state index contributed by atoms with van der Waals surface area (Å²) in [4.78, 5) is 15.2. The molecule has 88 valence electrons. The first-order valence-corrected chi connectivity index (χ1v) is 5.29. The summed E-state index contributed by atoms with van der Waals surface area (Å²) in [6.07, 6.45) is 0. The van der Waals surface area contributed by atoms with Crippen molar-refractivity contribution >= 4 is 11.5 Å². The molecule has 0 amide bonds. The Kier molecular flexibility index (Phi) is 3.18. The Morgan fingerprint density at radius 2 is 2.06 bits per heavy atom. The first-order valence-electron chi connectivity index (χ1n) is 5.29. The minimum absolute atomic E-state index is 0.0593. The van der Waals surface area contributed by atoms with Gasteiger partial charge in [-0.3, -0.25) is 4.79 Å². The fourth-order valence-corrected chi connectivity index (χ4v) is 1.41. The van der Waals surface area contributed by atoms with Gasteiger partial charge in [-0.25, -0.2) is 0 Å². The van der Waals surface area contributed by atoms with Crippen LogP contribution in [0.3, 0.4) is 0 Å². The van der Waals surface area contributed by atoms with E-state index in [2.05, 4.69) is 15.5 Å². The number of ketones is 1. The quantitative estimate of drug-likeness (QED) is 0.817. The molecule has 0 atom stereocenters. The van der Waals surface area contributed by atoms with Crippen molar-refractivity contribution in [1.29, 1.82) is 0 Å². The fraction of sp³-hybridized carbons (Fsp3) is 0.250. The van der Waals surface area contributed by atoms with Crippen LogP contribution in [0.4, 0.5) is 5.69 Å². The topological polar surface area (TPSA) is 68.0 Å². The predicted octanol–water partition coefficient (Wildman–Crippen LogP) is 2.19. The zero-order valence-corrected chi connectivity index (χ0v) is 9.73. The normalized spacial score (nSPS) is 10.2. The van der Waals surface area contributed by atoms with E-state index in [9.17, 15) is 4.79 Å². The van der Waals surface area contributed by atoms with E-state index in [0.717, 1.165) is 5.69 Å². The van der Waals surface area contributed by atoms with Crippen LogP contribution >= 0.6 is 0 Å². The highest BCUT2D eigenvalue weighted by atomic mass is 16.5. The number of nitrogens with zero attached hydrogens (tertiary/aromatic N) is 2. The van der Waals surface area contributed by atoms with Crippen molar-refractivity contribution in [2.45, 2.75) is 20.4 Å². The summed E-state index contributed by atoms with van der Waals surface area (Å²) in [6, 6.07) is 7.26. The average molecular weight is 231 g/mol. The number of Topliss-reactive ketones (excluding diaryl/α,β-unsaturated/α-hetero) is 1. The summed E-state index contributed by atoms with van der Waals surface area (Å²) >= 11 is 0. The van der Waals surface area contributed by atoms with Crippen molar-refractivity contribution in [3.8, 4) is 0 Å². The lowest BCUT2D eigenvalue weighted by atomic mass is 10.1. The van der Waals surface area contributed by atoms with Crippen LogP contribution in [0.5, 0.6) is 0 Å². The van der Waals surface area contributed by atoms with E-state index in [1.165, 1.54) is 0 Å². The number of rotatable bonds is 4. The molecule has 0 aliphatic carbocycles. The summed E-state index contributed by atoms with van der Waals surface area (Å²) in [5, 5.41) is 6.83. The van der Waals surface area contributed by atoms with Crippen molar-refractivity contribution < 1.29 is 9.32 Å². The minimum Gasteiger partial charge on any atom is -0.376 e. The molecule has 0 aliphatic rings. The maximum absolute atomic E-state index is 11.1. The van der Waals surface area contributed by atoms with Crippen molar-refractivity contribution in [3.05, 3.63) is 41.5 Å². The van der Waals surface area contributed by atoms with Crippen LogP contribution in [0.15, 0.2) is 28.8 Å². The number of hydrogen-bond acceptors (Lipinski definition) is 5. The standard InChI is InChI=1S/C12H13N3O2/c1-8(16)10-3-5-11(6-4-10)13-7-12-14-9(2)15-17-12/h3-6,13H,7H2,1-2H3. The molecule has 2 aromatic rings. The Labute approximate surface area is 98.8 Å². The zero-order chi connectivity index (χ0) is 12.3. The molecule has 0 unspecified atom stereocenters. The first-order chi connectivity index (χ1) is 8.15. The highest BCUT2D eigenvalue weighted by Gasteiger charge is 2.02. The Bertz CT molecular complexity index is 517. The van der Waals surface area contributed by atoms with Gasteiger partial charge >= 0.3 is 0 Å². The first kappa shape index (κ1) is 11.3. The van der Waals surface area contributed by atoms with Gasteiger partial charge in [0.1, 0.15) is 0 Å². The molecular formula is C12H13N3O2. The summed E-state index contributed by atoms with van der Waals surface area (Å²) in [5.41, 5.74) is 1.61. The largest absolute Gasteiger partial charge is 0.376 e. The molecule has 5 heteroatoms. The van der Waals surface area contributed by atoms with Gasteiger partial charge in [-0.15, -0.1) is 0 Å². The van der Waals surface area contributed by atoms with Gasteiger partial charge in [0.25, 0.3) is 0 Å². The van der Waals surface area contributed by atoms with Crippen LogP contribution in [-0.4, -0.2) is 15.9 Å². The molecule has 0 radical (unpaired) electrons. The Morgan fingerprint density at radius 3 is 2.59 bits per heavy atom. The van der Waals surface area contributed by atoms with E-state index in [4.69, 9.17) is 4.52 Å².